The number of hydrogen-bond acceptors (Lipinski definition) is 2. The molecule has 0 unspecified atom stereocenters. The average molecular weight is 220 g/mol. The Morgan fingerprint density at radius 2 is 2.06 bits per heavy atom. The van der Waals surface area contributed by atoms with Crippen molar-refractivity contribution in [3.63, 3.8) is 0 Å². The molecule has 0 aromatic carbocycles. The first-order chi connectivity index (χ1) is 7.58. The minimum atomic E-state index is 0.153. The van der Waals surface area contributed by atoms with Crippen LogP contribution in [0.1, 0.15) is 25.8 Å². The van der Waals surface area contributed by atoms with Crippen LogP contribution in [0.25, 0.3) is 0 Å². The van der Waals surface area contributed by atoms with E-state index in [2.05, 4.69) is 31.9 Å². The molecule has 1 aromatic heterocycles. The second-order valence-corrected chi connectivity index (χ2v) is 5.08. The van der Waals surface area contributed by atoms with Gasteiger partial charge in [-0.25, -0.2) is 0 Å². The summed E-state index contributed by atoms with van der Waals surface area (Å²) < 4.78 is 1.88. The van der Waals surface area contributed by atoms with Gasteiger partial charge in [-0.05, 0) is 30.4 Å². The first-order valence-electron chi connectivity index (χ1n) is 6.03. The summed E-state index contributed by atoms with van der Waals surface area (Å²) in [6.45, 7) is 6.27. The highest BCUT2D eigenvalue weighted by Crippen LogP contribution is 2.19. The lowest BCUT2D eigenvalue weighted by molar-refractivity contribution is 0.561. The molecule has 0 atom stereocenters. The summed E-state index contributed by atoms with van der Waals surface area (Å²) >= 11 is 0. The summed E-state index contributed by atoms with van der Waals surface area (Å²) in [7, 11) is 2.06. The minimum Gasteiger partial charge on any atom is -0.361 e. The molecule has 0 fully saturated rings. The molecular formula is C13H20N2O. The van der Waals surface area contributed by atoms with Gasteiger partial charge in [0.25, 0.3) is 5.56 Å². The highest BCUT2D eigenvalue weighted by molar-refractivity contribution is 5.43. The molecule has 0 aliphatic carbocycles. The Labute approximate surface area is 96.7 Å². The third-order valence-corrected chi connectivity index (χ3v) is 3.08. The van der Waals surface area contributed by atoms with Gasteiger partial charge in [0.1, 0.15) is 5.82 Å². The van der Waals surface area contributed by atoms with Gasteiger partial charge in [-0.2, -0.15) is 0 Å². The molecule has 0 amide bonds. The van der Waals surface area contributed by atoms with E-state index in [0.717, 1.165) is 31.7 Å². The largest absolute Gasteiger partial charge is 0.361 e. The van der Waals surface area contributed by atoms with Crippen LogP contribution in [-0.2, 0) is 13.0 Å². The molecule has 2 heterocycles. The second-order valence-electron chi connectivity index (χ2n) is 5.08. The predicted octanol–water partition coefficient (Wildman–Crippen LogP) is 1.89. The van der Waals surface area contributed by atoms with Crippen molar-refractivity contribution in [2.75, 3.05) is 18.5 Å². The number of rotatable bonds is 2. The third-order valence-electron chi connectivity index (χ3n) is 3.08. The van der Waals surface area contributed by atoms with E-state index >= 15 is 0 Å². The smallest absolute Gasteiger partial charge is 0.252 e. The van der Waals surface area contributed by atoms with Crippen LogP contribution < -0.4 is 10.5 Å². The quantitative estimate of drug-likeness (QED) is 0.760. The van der Waals surface area contributed by atoms with Gasteiger partial charge in [0, 0.05) is 26.2 Å². The van der Waals surface area contributed by atoms with E-state index in [0.29, 0.717) is 5.92 Å². The summed E-state index contributed by atoms with van der Waals surface area (Å²) in [5, 5.41) is 0. The molecule has 0 bridgehead atoms. The van der Waals surface area contributed by atoms with Crippen LogP contribution >= 0.6 is 0 Å². The first kappa shape index (κ1) is 11.2. The number of nitrogens with zero attached hydrogens (tertiary/aromatic N) is 2. The SMILES string of the molecule is CC(C)Cc1cc2n(c(=O)c1)CCCN2C. The summed E-state index contributed by atoms with van der Waals surface area (Å²) in [5.41, 5.74) is 1.32. The number of aromatic nitrogens is 1. The van der Waals surface area contributed by atoms with Crippen molar-refractivity contribution in [1.82, 2.24) is 4.57 Å². The Kier molecular flexibility index (Phi) is 3.03. The van der Waals surface area contributed by atoms with Crippen LogP contribution in [0.4, 0.5) is 5.82 Å². The molecule has 2 rings (SSSR count). The number of anilines is 1. The topological polar surface area (TPSA) is 25.2 Å². The van der Waals surface area contributed by atoms with E-state index in [9.17, 15) is 4.79 Å². The predicted molar refractivity (Wildman–Crippen MR) is 67.1 cm³/mol. The van der Waals surface area contributed by atoms with Crippen molar-refractivity contribution >= 4 is 5.82 Å². The molecule has 1 aromatic rings. The highest BCUT2D eigenvalue weighted by Gasteiger charge is 2.15. The fourth-order valence-corrected chi connectivity index (χ4v) is 2.35. The number of pyridine rings is 1. The average Bonchev–Trinajstić information content (AvgIpc) is 2.19. The maximum atomic E-state index is 11.9. The molecule has 0 saturated heterocycles. The van der Waals surface area contributed by atoms with Gasteiger partial charge in [0.15, 0.2) is 0 Å². The van der Waals surface area contributed by atoms with Gasteiger partial charge in [0.05, 0.1) is 0 Å². The standard InChI is InChI=1S/C13H20N2O/c1-10(2)7-11-8-12-14(3)5-4-6-15(12)13(16)9-11/h8-10H,4-7H2,1-3H3. The Bertz CT molecular complexity index is 434. The highest BCUT2D eigenvalue weighted by atomic mass is 16.1. The fourth-order valence-electron chi connectivity index (χ4n) is 2.35. The Morgan fingerprint density at radius 3 is 2.75 bits per heavy atom. The Hall–Kier alpha value is -1.25. The van der Waals surface area contributed by atoms with Crippen LogP contribution in [0.5, 0.6) is 0 Å². The normalized spacial score (nSPS) is 15.4. The molecular weight excluding hydrogens is 200 g/mol. The first-order valence-corrected chi connectivity index (χ1v) is 6.03. The van der Waals surface area contributed by atoms with Crippen LogP contribution in [-0.4, -0.2) is 18.2 Å². The number of fused-ring (bicyclic) bond motifs is 1. The van der Waals surface area contributed by atoms with Gasteiger partial charge in [-0.3, -0.25) is 9.36 Å². The van der Waals surface area contributed by atoms with Crippen molar-refractivity contribution in [3.8, 4) is 0 Å². The van der Waals surface area contributed by atoms with Crippen molar-refractivity contribution in [1.29, 1.82) is 0 Å². The molecule has 0 N–H and O–H groups in total. The van der Waals surface area contributed by atoms with Crippen LogP contribution in [0.2, 0.25) is 0 Å². The maximum absolute atomic E-state index is 11.9. The van der Waals surface area contributed by atoms with Crippen molar-refractivity contribution < 1.29 is 0 Å². The number of hydrogen-bond donors (Lipinski definition) is 0. The van der Waals surface area contributed by atoms with Gasteiger partial charge in [-0.15, -0.1) is 0 Å². The van der Waals surface area contributed by atoms with Gasteiger partial charge in [0.2, 0.25) is 0 Å². The monoisotopic (exact) mass is 220 g/mol. The second kappa shape index (κ2) is 4.32. The molecule has 1 aliphatic rings. The summed E-state index contributed by atoms with van der Waals surface area (Å²) in [5.74, 6) is 1.67. The Morgan fingerprint density at radius 1 is 1.31 bits per heavy atom. The lowest BCUT2D eigenvalue weighted by Crippen LogP contribution is -2.35. The molecule has 3 heteroatoms. The zero-order valence-corrected chi connectivity index (χ0v) is 10.4. The molecule has 3 nitrogen and oxygen atoms in total. The zero-order valence-electron chi connectivity index (χ0n) is 10.4. The van der Waals surface area contributed by atoms with E-state index in [4.69, 9.17) is 0 Å². The minimum absolute atomic E-state index is 0.153. The van der Waals surface area contributed by atoms with E-state index in [1.165, 1.54) is 5.56 Å². The molecule has 88 valence electrons. The van der Waals surface area contributed by atoms with E-state index < -0.39 is 0 Å². The van der Waals surface area contributed by atoms with Crippen molar-refractivity contribution in [2.24, 2.45) is 5.92 Å². The van der Waals surface area contributed by atoms with Gasteiger partial charge in [-0.1, -0.05) is 13.8 Å². The van der Waals surface area contributed by atoms with Crippen LogP contribution in [0, 0.1) is 5.92 Å². The summed E-state index contributed by atoms with van der Waals surface area (Å²) in [6, 6.07) is 3.96. The van der Waals surface area contributed by atoms with Crippen LogP contribution in [0.3, 0.4) is 0 Å². The van der Waals surface area contributed by atoms with E-state index in [1.54, 1.807) is 6.07 Å². The van der Waals surface area contributed by atoms with Crippen LogP contribution in [0.15, 0.2) is 16.9 Å². The molecule has 0 saturated carbocycles. The maximum Gasteiger partial charge on any atom is 0.252 e. The van der Waals surface area contributed by atoms with Crippen molar-refractivity contribution in [2.45, 2.75) is 33.2 Å². The summed E-state index contributed by atoms with van der Waals surface area (Å²) in [4.78, 5) is 14.1. The lowest BCUT2D eigenvalue weighted by Gasteiger charge is -2.29. The molecule has 1 aliphatic heterocycles. The zero-order chi connectivity index (χ0) is 11.7. The Balaban J connectivity index is 2.42. The van der Waals surface area contributed by atoms with Gasteiger partial charge >= 0.3 is 0 Å². The molecule has 0 radical (unpaired) electrons. The third kappa shape index (κ3) is 2.13. The molecule has 16 heavy (non-hydrogen) atoms. The van der Waals surface area contributed by atoms with E-state index in [1.807, 2.05) is 4.57 Å². The van der Waals surface area contributed by atoms with E-state index in [-0.39, 0.29) is 5.56 Å². The lowest BCUT2D eigenvalue weighted by atomic mass is 10.0. The molecule has 0 spiro atoms. The summed E-state index contributed by atoms with van der Waals surface area (Å²) in [6.07, 6.45) is 2.05. The fraction of sp³-hybridized carbons (Fsp3) is 0.615. The van der Waals surface area contributed by atoms with Gasteiger partial charge < -0.3 is 4.90 Å². The van der Waals surface area contributed by atoms with Crippen molar-refractivity contribution in [3.05, 3.63) is 28.0 Å².